The number of hydrogen-bond donors (Lipinski definition) is 2. The number of thioether (sulfide) groups is 1. The molecule has 0 spiro atoms. The molecule has 9 heavy (non-hydrogen) atoms. The molecule has 0 saturated carbocycles. The molecule has 52 valence electrons. The van der Waals surface area contributed by atoms with E-state index in [0.29, 0.717) is 0 Å². The summed E-state index contributed by atoms with van der Waals surface area (Å²) in [6, 6.07) is 0. The molecule has 0 radical (unpaired) electrons. The first kappa shape index (κ1) is 6.89. The molecule has 1 atom stereocenters. The highest BCUT2D eigenvalue weighted by Crippen LogP contribution is 2.10. The maximum atomic E-state index is 10.6. The Morgan fingerprint density at radius 2 is 2.67 bits per heavy atom. The van der Waals surface area contributed by atoms with Crippen molar-refractivity contribution in [2.45, 2.75) is 12.6 Å². The van der Waals surface area contributed by atoms with Gasteiger partial charge in [-0.05, 0) is 13.5 Å². The summed E-state index contributed by atoms with van der Waals surface area (Å²) in [6.07, 6.45) is 1.21. The van der Waals surface area contributed by atoms with Gasteiger partial charge in [-0.25, -0.2) is 0 Å². The Balaban J connectivity index is 2.32. The number of amides is 1. The summed E-state index contributed by atoms with van der Waals surface area (Å²) in [7, 11) is 1.85. The maximum absolute atomic E-state index is 10.6. The van der Waals surface area contributed by atoms with Crippen molar-refractivity contribution in [3.63, 3.8) is 0 Å². The molecule has 0 aromatic heterocycles. The SMILES string of the molecule is CNC1CCSC(=O)N1. The molecule has 1 rings (SSSR count). The van der Waals surface area contributed by atoms with E-state index in [-0.39, 0.29) is 11.4 Å². The topological polar surface area (TPSA) is 41.1 Å². The molecule has 1 unspecified atom stereocenters. The molecule has 1 aliphatic rings. The number of hydrogen-bond acceptors (Lipinski definition) is 3. The lowest BCUT2D eigenvalue weighted by molar-refractivity contribution is 0.254. The quantitative estimate of drug-likeness (QED) is 0.562. The largest absolute Gasteiger partial charge is 0.332 e. The second kappa shape index (κ2) is 3.08. The Morgan fingerprint density at radius 1 is 1.89 bits per heavy atom. The summed E-state index contributed by atoms with van der Waals surface area (Å²) in [5.74, 6) is 0.928. The van der Waals surface area contributed by atoms with Crippen molar-refractivity contribution in [2.75, 3.05) is 12.8 Å². The third kappa shape index (κ3) is 1.87. The van der Waals surface area contributed by atoms with Crippen LogP contribution < -0.4 is 10.6 Å². The molecule has 0 aromatic carbocycles. The summed E-state index contributed by atoms with van der Waals surface area (Å²) >= 11 is 1.35. The van der Waals surface area contributed by atoms with Gasteiger partial charge in [0.05, 0.1) is 6.17 Å². The Bertz CT molecular complexity index is 118. The number of carbonyl (C=O) groups excluding carboxylic acids is 1. The molecule has 0 aliphatic carbocycles. The standard InChI is InChI=1S/C5H10N2OS/c1-6-4-2-3-9-5(8)7-4/h4,6H,2-3H2,1H3,(H,7,8). The van der Waals surface area contributed by atoms with Gasteiger partial charge >= 0.3 is 0 Å². The Hall–Kier alpha value is -0.220. The molecule has 1 fully saturated rings. The summed E-state index contributed by atoms with van der Waals surface area (Å²) in [5, 5.41) is 5.85. The van der Waals surface area contributed by atoms with E-state index in [0.717, 1.165) is 12.2 Å². The fourth-order valence-electron chi connectivity index (χ4n) is 0.742. The van der Waals surface area contributed by atoms with E-state index in [9.17, 15) is 4.79 Å². The summed E-state index contributed by atoms with van der Waals surface area (Å²) in [5.41, 5.74) is 0. The lowest BCUT2D eigenvalue weighted by atomic mass is 10.4. The molecule has 1 heterocycles. The molecular formula is C5H10N2OS. The van der Waals surface area contributed by atoms with Crippen LogP contribution in [0.3, 0.4) is 0 Å². The van der Waals surface area contributed by atoms with Crippen molar-refractivity contribution >= 4 is 17.0 Å². The molecular weight excluding hydrogens is 136 g/mol. The van der Waals surface area contributed by atoms with E-state index < -0.39 is 0 Å². The zero-order chi connectivity index (χ0) is 6.69. The van der Waals surface area contributed by atoms with Gasteiger partial charge in [0.15, 0.2) is 0 Å². The predicted octanol–water partition coefficient (Wildman–Crippen LogP) is 0.378. The predicted molar refractivity (Wildman–Crippen MR) is 38.5 cm³/mol. The molecule has 2 N–H and O–H groups in total. The van der Waals surface area contributed by atoms with Crippen LogP contribution in [0, 0.1) is 0 Å². The third-order valence-electron chi connectivity index (χ3n) is 1.28. The highest BCUT2D eigenvalue weighted by atomic mass is 32.2. The van der Waals surface area contributed by atoms with E-state index in [1.54, 1.807) is 0 Å². The van der Waals surface area contributed by atoms with Crippen LogP contribution in [0.5, 0.6) is 0 Å². The highest BCUT2D eigenvalue weighted by molar-refractivity contribution is 8.13. The zero-order valence-corrected chi connectivity index (χ0v) is 6.12. The van der Waals surface area contributed by atoms with Crippen LogP contribution in [0.2, 0.25) is 0 Å². The minimum Gasteiger partial charge on any atom is -0.332 e. The molecule has 4 heteroatoms. The smallest absolute Gasteiger partial charge is 0.280 e. The second-order valence-corrected chi connectivity index (χ2v) is 2.98. The van der Waals surface area contributed by atoms with Crippen LogP contribution in [-0.2, 0) is 0 Å². The van der Waals surface area contributed by atoms with Gasteiger partial charge in [-0.1, -0.05) is 11.8 Å². The zero-order valence-electron chi connectivity index (χ0n) is 5.31. The Labute approximate surface area is 58.6 Å². The maximum Gasteiger partial charge on any atom is 0.280 e. The van der Waals surface area contributed by atoms with Crippen molar-refractivity contribution in [3.8, 4) is 0 Å². The van der Waals surface area contributed by atoms with Gasteiger partial charge in [0.25, 0.3) is 5.24 Å². The molecule has 1 aliphatic heterocycles. The molecule has 0 bridgehead atoms. The summed E-state index contributed by atoms with van der Waals surface area (Å²) < 4.78 is 0. The van der Waals surface area contributed by atoms with Crippen molar-refractivity contribution in [1.29, 1.82) is 0 Å². The van der Waals surface area contributed by atoms with Gasteiger partial charge < -0.3 is 10.6 Å². The van der Waals surface area contributed by atoms with Gasteiger partial charge in [0, 0.05) is 5.75 Å². The normalized spacial score (nSPS) is 27.7. The van der Waals surface area contributed by atoms with Gasteiger partial charge in [-0.3, -0.25) is 4.79 Å². The van der Waals surface area contributed by atoms with Gasteiger partial charge in [-0.15, -0.1) is 0 Å². The molecule has 1 amide bonds. The first-order valence-electron chi connectivity index (χ1n) is 2.93. The lowest BCUT2D eigenvalue weighted by Gasteiger charge is -2.21. The van der Waals surface area contributed by atoms with E-state index in [4.69, 9.17) is 0 Å². The van der Waals surface area contributed by atoms with Crippen molar-refractivity contribution < 1.29 is 4.79 Å². The van der Waals surface area contributed by atoms with Crippen LogP contribution >= 0.6 is 11.8 Å². The average molecular weight is 146 g/mol. The van der Waals surface area contributed by atoms with Crippen molar-refractivity contribution in [1.82, 2.24) is 10.6 Å². The van der Waals surface area contributed by atoms with Crippen LogP contribution in [0.25, 0.3) is 0 Å². The van der Waals surface area contributed by atoms with E-state index in [1.165, 1.54) is 11.8 Å². The van der Waals surface area contributed by atoms with Crippen LogP contribution in [0.1, 0.15) is 6.42 Å². The van der Waals surface area contributed by atoms with Gasteiger partial charge in [0.2, 0.25) is 0 Å². The van der Waals surface area contributed by atoms with Crippen LogP contribution in [0.15, 0.2) is 0 Å². The minimum absolute atomic E-state index is 0.0839. The van der Waals surface area contributed by atoms with Gasteiger partial charge in [-0.2, -0.15) is 0 Å². The summed E-state index contributed by atoms with van der Waals surface area (Å²) in [4.78, 5) is 10.6. The van der Waals surface area contributed by atoms with E-state index >= 15 is 0 Å². The van der Waals surface area contributed by atoms with E-state index in [1.807, 2.05) is 7.05 Å². The van der Waals surface area contributed by atoms with Crippen molar-refractivity contribution in [2.24, 2.45) is 0 Å². The second-order valence-electron chi connectivity index (χ2n) is 1.91. The fraction of sp³-hybridized carbons (Fsp3) is 0.800. The van der Waals surface area contributed by atoms with Gasteiger partial charge in [0.1, 0.15) is 0 Å². The Kier molecular flexibility index (Phi) is 2.36. The minimum atomic E-state index is 0.0839. The number of nitrogens with one attached hydrogen (secondary N) is 2. The fourth-order valence-corrected chi connectivity index (χ4v) is 1.51. The average Bonchev–Trinajstić information content (AvgIpc) is 1.88. The first-order valence-corrected chi connectivity index (χ1v) is 3.92. The van der Waals surface area contributed by atoms with E-state index in [2.05, 4.69) is 10.6 Å². The number of rotatable bonds is 1. The molecule has 1 saturated heterocycles. The van der Waals surface area contributed by atoms with Crippen molar-refractivity contribution in [3.05, 3.63) is 0 Å². The summed E-state index contributed by atoms with van der Waals surface area (Å²) in [6.45, 7) is 0. The first-order chi connectivity index (χ1) is 4.33. The lowest BCUT2D eigenvalue weighted by Crippen LogP contribution is -2.45. The van der Waals surface area contributed by atoms with Crippen LogP contribution in [-0.4, -0.2) is 24.2 Å². The highest BCUT2D eigenvalue weighted by Gasteiger charge is 2.15. The van der Waals surface area contributed by atoms with Crippen LogP contribution in [0.4, 0.5) is 4.79 Å². The number of carbonyl (C=O) groups is 1. The third-order valence-corrected chi connectivity index (χ3v) is 2.10. The molecule has 3 nitrogen and oxygen atoms in total. The Morgan fingerprint density at radius 3 is 3.11 bits per heavy atom. The molecule has 0 aromatic rings. The monoisotopic (exact) mass is 146 g/mol.